The van der Waals surface area contributed by atoms with E-state index in [1.807, 2.05) is 30.3 Å². The number of aliphatic carboxylic acids is 1. The van der Waals surface area contributed by atoms with Gasteiger partial charge in [0.2, 0.25) is 0 Å². The molecule has 5 nitrogen and oxygen atoms in total. The molecule has 1 saturated carbocycles. The molecule has 3 aromatic rings. The lowest BCUT2D eigenvalue weighted by molar-refractivity contribution is -0.142. The summed E-state index contributed by atoms with van der Waals surface area (Å²) in [6, 6.07) is 18.3. The van der Waals surface area contributed by atoms with Gasteiger partial charge in [0.15, 0.2) is 0 Å². The van der Waals surface area contributed by atoms with Crippen LogP contribution in [0.25, 0.3) is 22.4 Å². The van der Waals surface area contributed by atoms with Crippen LogP contribution in [0.4, 0.5) is 0 Å². The predicted octanol–water partition coefficient (Wildman–Crippen LogP) is 6.09. The fraction of sp³-hybridized carbons (Fsp3) is 0.385. The molecule has 6 heteroatoms. The van der Waals surface area contributed by atoms with Gasteiger partial charge in [-0.2, -0.15) is 5.10 Å². The molecule has 0 radical (unpaired) electrons. The average molecular weight is 453 g/mol. The van der Waals surface area contributed by atoms with Crippen LogP contribution in [-0.2, 0) is 16.1 Å². The Bertz CT molecular complexity index is 1040. The normalized spacial score (nSPS) is 18.6. The smallest absolute Gasteiger partial charge is 0.329 e. The fourth-order valence-corrected chi connectivity index (χ4v) is 4.75. The third-order valence-corrected chi connectivity index (χ3v) is 6.62. The summed E-state index contributed by atoms with van der Waals surface area (Å²) in [5.74, 6) is 0.110. The summed E-state index contributed by atoms with van der Waals surface area (Å²) in [5, 5.41) is 14.5. The first-order chi connectivity index (χ1) is 15.5. The van der Waals surface area contributed by atoms with Crippen molar-refractivity contribution in [3.63, 3.8) is 0 Å². The van der Waals surface area contributed by atoms with Crippen molar-refractivity contribution < 1.29 is 14.6 Å². The first-order valence-corrected chi connectivity index (χ1v) is 11.6. The maximum Gasteiger partial charge on any atom is 0.329 e. The zero-order chi connectivity index (χ0) is 22.5. The molecule has 4 rings (SSSR count). The van der Waals surface area contributed by atoms with Crippen molar-refractivity contribution >= 4 is 17.6 Å². The highest BCUT2D eigenvalue weighted by molar-refractivity contribution is 6.30. The standard InChI is InChI=1S/C26H29ClN2O3/c1-18-25(21-11-13-23(27)14-12-21)26(22-5-3-2-4-6-22)28-29(18)15-19-7-9-20(10-8-19)16-32-17-24(30)31/h2-6,11-14,19-20H,7-10,15-17H2,1H3,(H,30,31)/t19-,20+. The van der Waals surface area contributed by atoms with Gasteiger partial charge in [-0.25, -0.2) is 4.79 Å². The summed E-state index contributed by atoms with van der Waals surface area (Å²) >= 11 is 6.13. The second-order valence-corrected chi connectivity index (χ2v) is 9.10. The molecule has 0 spiro atoms. The van der Waals surface area contributed by atoms with Crippen LogP contribution in [0.1, 0.15) is 31.4 Å². The van der Waals surface area contributed by atoms with Crippen LogP contribution in [0, 0.1) is 18.8 Å². The minimum atomic E-state index is -0.904. The number of ether oxygens (including phenoxy) is 1. The van der Waals surface area contributed by atoms with Gasteiger partial charge in [0.25, 0.3) is 0 Å². The number of benzene rings is 2. The Hall–Kier alpha value is -2.63. The SMILES string of the molecule is Cc1c(-c2ccc(Cl)cc2)c(-c2ccccc2)nn1C[C@H]1CC[C@@H](COCC(=O)O)CC1. The summed E-state index contributed by atoms with van der Waals surface area (Å²) in [5.41, 5.74) is 5.55. The number of halogens is 1. The van der Waals surface area contributed by atoms with Gasteiger partial charge < -0.3 is 9.84 Å². The van der Waals surface area contributed by atoms with Crippen LogP contribution in [0.15, 0.2) is 54.6 Å². The Labute approximate surface area is 194 Å². The van der Waals surface area contributed by atoms with Gasteiger partial charge >= 0.3 is 5.97 Å². The number of hydrogen-bond donors (Lipinski definition) is 1. The molecule has 0 bridgehead atoms. The molecular weight excluding hydrogens is 424 g/mol. The zero-order valence-corrected chi connectivity index (χ0v) is 19.1. The van der Waals surface area contributed by atoms with Gasteiger partial charge in [-0.15, -0.1) is 0 Å². The summed E-state index contributed by atoms with van der Waals surface area (Å²) in [4.78, 5) is 10.6. The fourth-order valence-electron chi connectivity index (χ4n) is 4.62. The van der Waals surface area contributed by atoms with E-state index in [2.05, 4.69) is 35.9 Å². The van der Waals surface area contributed by atoms with Gasteiger partial charge in [0, 0.05) is 28.4 Å². The molecule has 168 valence electrons. The molecule has 32 heavy (non-hydrogen) atoms. The molecule has 1 fully saturated rings. The second kappa shape index (κ2) is 10.3. The Kier molecular flexibility index (Phi) is 7.28. The molecule has 1 N–H and O–H groups in total. The van der Waals surface area contributed by atoms with E-state index in [4.69, 9.17) is 26.5 Å². The number of carbonyl (C=O) groups is 1. The number of rotatable bonds is 8. The van der Waals surface area contributed by atoms with Crippen molar-refractivity contribution in [3.05, 3.63) is 65.3 Å². The summed E-state index contributed by atoms with van der Waals surface area (Å²) in [6.07, 6.45) is 4.36. The molecule has 1 aliphatic rings. The van der Waals surface area contributed by atoms with E-state index in [1.165, 1.54) is 0 Å². The highest BCUT2D eigenvalue weighted by atomic mass is 35.5. The molecule has 0 amide bonds. The van der Waals surface area contributed by atoms with Gasteiger partial charge in [0.05, 0.1) is 6.61 Å². The highest BCUT2D eigenvalue weighted by Gasteiger charge is 2.24. The van der Waals surface area contributed by atoms with Crippen molar-refractivity contribution in [2.75, 3.05) is 13.2 Å². The van der Waals surface area contributed by atoms with E-state index in [9.17, 15) is 4.79 Å². The average Bonchev–Trinajstić information content (AvgIpc) is 3.12. The maximum absolute atomic E-state index is 10.6. The molecule has 0 unspecified atom stereocenters. The minimum absolute atomic E-state index is 0.206. The Morgan fingerprint density at radius 1 is 1.03 bits per heavy atom. The van der Waals surface area contributed by atoms with E-state index < -0.39 is 5.97 Å². The lowest BCUT2D eigenvalue weighted by atomic mass is 9.82. The van der Waals surface area contributed by atoms with E-state index >= 15 is 0 Å². The Morgan fingerprint density at radius 3 is 2.34 bits per heavy atom. The van der Waals surface area contributed by atoms with E-state index in [0.717, 1.165) is 65.3 Å². The topological polar surface area (TPSA) is 64.4 Å². The van der Waals surface area contributed by atoms with Gasteiger partial charge in [-0.05, 0) is 62.1 Å². The van der Waals surface area contributed by atoms with Crippen LogP contribution in [-0.4, -0.2) is 34.1 Å². The molecule has 0 saturated heterocycles. The highest BCUT2D eigenvalue weighted by Crippen LogP contribution is 2.36. The van der Waals surface area contributed by atoms with Crippen molar-refractivity contribution in [3.8, 4) is 22.4 Å². The van der Waals surface area contributed by atoms with Crippen molar-refractivity contribution in [2.45, 2.75) is 39.2 Å². The summed E-state index contributed by atoms with van der Waals surface area (Å²) in [6.45, 7) is 3.37. The monoisotopic (exact) mass is 452 g/mol. The second-order valence-electron chi connectivity index (χ2n) is 8.66. The number of carboxylic acid groups (broad SMARTS) is 1. The largest absolute Gasteiger partial charge is 0.480 e. The number of nitrogens with zero attached hydrogens (tertiary/aromatic N) is 2. The lowest BCUT2D eigenvalue weighted by Crippen LogP contribution is -2.23. The van der Waals surface area contributed by atoms with Crippen LogP contribution >= 0.6 is 11.6 Å². The molecule has 1 heterocycles. The third-order valence-electron chi connectivity index (χ3n) is 6.36. The van der Waals surface area contributed by atoms with Crippen LogP contribution in [0.2, 0.25) is 5.02 Å². The van der Waals surface area contributed by atoms with E-state index in [0.29, 0.717) is 18.4 Å². The Balaban J connectivity index is 1.51. The zero-order valence-electron chi connectivity index (χ0n) is 18.3. The van der Waals surface area contributed by atoms with Crippen LogP contribution in [0.3, 0.4) is 0 Å². The van der Waals surface area contributed by atoms with E-state index in [1.54, 1.807) is 0 Å². The van der Waals surface area contributed by atoms with Crippen molar-refractivity contribution in [1.29, 1.82) is 0 Å². The van der Waals surface area contributed by atoms with Gasteiger partial charge in [-0.3, -0.25) is 4.68 Å². The number of aromatic nitrogens is 2. The molecule has 1 aromatic heterocycles. The van der Waals surface area contributed by atoms with Gasteiger partial charge in [-0.1, -0.05) is 54.1 Å². The van der Waals surface area contributed by atoms with Crippen molar-refractivity contribution in [1.82, 2.24) is 9.78 Å². The predicted molar refractivity (Wildman–Crippen MR) is 127 cm³/mol. The lowest BCUT2D eigenvalue weighted by Gasteiger charge is -2.28. The minimum Gasteiger partial charge on any atom is -0.480 e. The maximum atomic E-state index is 10.6. The summed E-state index contributed by atoms with van der Waals surface area (Å²) in [7, 11) is 0. The first kappa shape index (κ1) is 22.6. The van der Waals surface area contributed by atoms with Gasteiger partial charge in [0.1, 0.15) is 12.3 Å². The quantitative estimate of drug-likeness (QED) is 0.449. The third kappa shape index (κ3) is 5.40. The van der Waals surface area contributed by atoms with Crippen LogP contribution < -0.4 is 0 Å². The molecule has 1 aliphatic carbocycles. The molecule has 0 aliphatic heterocycles. The molecule has 0 atom stereocenters. The number of carboxylic acids is 1. The summed E-state index contributed by atoms with van der Waals surface area (Å²) < 4.78 is 7.47. The molecular formula is C26H29ClN2O3. The van der Waals surface area contributed by atoms with Crippen LogP contribution in [0.5, 0.6) is 0 Å². The van der Waals surface area contributed by atoms with E-state index in [-0.39, 0.29) is 6.61 Å². The first-order valence-electron chi connectivity index (χ1n) is 11.2. The Morgan fingerprint density at radius 2 is 1.69 bits per heavy atom. The van der Waals surface area contributed by atoms with Crippen molar-refractivity contribution in [2.24, 2.45) is 11.8 Å². The number of hydrogen-bond acceptors (Lipinski definition) is 3. The molecule has 2 aromatic carbocycles.